The molecule has 0 spiro atoms. The van der Waals surface area contributed by atoms with Gasteiger partial charge in [-0.15, -0.1) is 0 Å². The first-order chi connectivity index (χ1) is 13.4. The van der Waals surface area contributed by atoms with Crippen molar-refractivity contribution in [1.82, 2.24) is 15.3 Å². The first-order valence-electron chi connectivity index (χ1n) is 9.46. The van der Waals surface area contributed by atoms with Crippen molar-refractivity contribution < 1.29 is 4.79 Å². The van der Waals surface area contributed by atoms with Crippen molar-refractivity contribution in [2.75, 3.05) is 5.32 Å². The average molecular weight is 374 g/mol. The van der Waals surface area contributed by atoms with E-state index < -0.39 is 0 Å². The van der Waals surface area contributed by atoms with Gasteiger partial charge >= 0.3 is 0 Å². The standard InChI is InChI=1S/C23H26N4O/c1-15(2)20-7-5-6-17(4)21(20)27-23-25-13-19(14-26-23)22(28)24-12-18-10-8-16(3)9-11-18/h5-11,13-15H,12H2,1-4H3,(H,24,28)(H,25,26,27). The van der Waals surface area contributed by atoms with Gasteiger partial charge in [0.2, 0.25) is 5.95 Å². The lowest BCUT2D eigenvalue weighted by Gasteiger charge is -2.16. The lowest BCUT2D eigenvalue weighted by molar-refractivity contribution is 0.0950. The number of para-hydroxylation sites is 1. The molecule has 3 aromatic rings. The van der Waals surface area contributed by atoms with Crippen LogP contribution in [0.25, 0.3) is 0 Å². The number of carbonyl (C=O) groups excluding carboxylic acids is 1. The molecule has 0 unspecified atom stereocenters. The highest BCUT2D eigenvalue weighted by Gasteiger charge is 2.11. The van der Waals surface area contributed by atoms with Gasteiger partial charge in [-0.05, 0) is 36.5 Å². The molecule has 0 aliphatic heterocycles. The largest absolute Gasteiger partial charge is 0.348 e. The molecule has 28 heavy (non-hydrogen) atoms. The van der Waals surface area contributed by atoms with Gasteiger partial charge in [0.15, 0.2) is 0 Å². The van der Waals surface area contributed by atoms with Crippen molar-refractivity contribution in [3.8, 4) is 0 Å². The minimum Gasteiger partial charge on any atom is -0.348 e. The molecule has 2 aromatic carbocycles. The van der Waals surface area contributed by atoms with E-state index in [1.54, 1.807) is 12.4 Å². The number of aromatic nitrogens is 2. The fourth-order valence-electron chi connectivity index (χ4n) is 2.95. The lowest BCUT2D eigenvalue weighted by Crippen LogP contribution is -2.23. The van der Waals surface area contributed by atoms with Crippen LogP contribution >= 0.6 is 0 Å². The van der Waals surface area contributed by atoms with Crippen LogP contribution in [0.1, 0.15) is 52.4 Å². The average Bonchev–Trinajstić information content (AvgIpc) is 2.69. The zero-order chi connectivity index (χ0) is 20.1. The number of rotatable bonds is 6. The van der Waals surface area contributed by atoms with Crippen LogP contribution < -0.4 is 10.6 Å². The number of hydrogen-bond acceptors (Lipinski definition) is 4. The molecule has 144 valence electrons. The molecule has 5 heteroatoms. The monoisotopic (exact) mass is 374 g/mol. The lowest BCUT2D eigenvalue weighted by atomic mass is 9.98. The molecule has 0 saturated heterocycles. The summed E-state index contributed by atoms with van der Waals surface area (Å²) in [5.41, 5.74) is 6.05. The summed E-state index contributed by atoms with van der Waals surface area (Å²) in [6.45, 7) is 8.88. The van der Waals surface area contributed by atoms with E-state index in [2.05, 4.69) is 59.6 Å². The summed E-state index contributed by atoms with van der Waals surface area (Å²) < 4.78 is 0. The number of carbonyl (C=O) groups is 1. The third-order valence-electron chi connectivity index (χ3n) is 4.65. The van der Waals surface area contributed by atoms with E-state index in [-0.39, 0.29) is 5.91 Å². The molecule has 2 N–H and O–H groups in total. The van der Waals surface area contributed by atoms with Gasteiger partial charge in [0, 0.05) is 24.6 Å². The molecule has 0 atom stereocenters. The maximum atomic E-state index is 12.3. The van der Waals surface area contributed by atoms with Gasteiger partial charge in [-0.1, -0.05) is 61.9 Å². The SMILES string of the molecule is Cc1ccc(CNC(=O)c2cnc(Nc3c(C)cccc3C(C)C)nc2)cc1. The predicted molar refractivity (Wildman–Crippen MR) is 113 cm³/mol. The molecule has 0 bridgehead atoms. The molecular formula is C23H26N4O. The minimum atomic E-state index is -0.189. The van der Waals surface area contributed by atoms with Crippen LogP contribution in [-0.2, 0) is 6.54 Å². The maximum Gasteiger partial charge on any atom is 0.254 e. The number of benzene rings is 2. The molecule has 0 fully saturated rings. The molecule has 1 amide bonds. The van der Waals surface area contributed by atoms with Crippen molar-refractivity contribution in [1.29, 1.82) is 0 Å². The third-order valence-corrected chi connectivity index (χ3v) is 4.65. The number of nitrogens with one attached hydrogen (secondary N) is 2. The van der Waals surface area contributed by atoms with Crippen molar-refractivity contribution in [2.24, 2.45) is 0 Å². The Morgan fingerprint density at radius 3 is 2.32 bits per heavy atom. The number of amides is 1. The molecule has 5 nitrogen and oxygen atoms in total. The Hall–Kier alpha value is -3.21. The summed E-state index contributed by atoms with van der Waals surface area (Å²) in [5.74, 6) is 0.673. The molecule has 1 aromatic heterocycles. The fourth-order valence-corrected chi connectivity index (χ4v) is 2.95. The highest BCUT2D eigenvalue weighted by atomic mass is 16.1. The van der Waals surface area contributed by atoms with Gasteiger partial charge in [-0.25, -0.2) is 9.97 Å². The van der Waals surface area contributed by atoms with E-state index in [0.717, 1.165) is 16.8 Å². The summed E-state index contributed by atoms with van der Waals surface area (Å²) in [6, 6.07) is 14.3. The Morgan fingerprint density at radius 1 is 1.00 bits per heavy atom. The van der Waals surface area contributed by atoms with Crippen LogP contribution in [0.3, 0.4) is 0 Å². The number of aryl methyl sites for hydroxylation is 2. The van der Waals surface area contributed by atoms with Crippen LogP contribution in [-0.4, -0.2) is 15.9 Å². The summed E-state index contributed by atoms with van der Waals surface area (Å²) in [4.78, 5) is 21.0. The van der Waals surface area contributed by atoms with Gasteiger partial charge < -0.3 is 10.6 Å². The van der Waals surface area contributed by atoms with Crippen LogP contribution in [0, 0.1) is 13.8 Å². The maximum absolute atomic E-state index is 12.3. The van der Waals surface area contributed by atoms with E-state index in [1.165, 1.54) is 11.1 Å². The zero-order valence-electron chi connectivity index (χ0n) is 16.8. The van der Waals surface area contributed by atoms with E-state index in [1.807, 2.05) is 31.2 Å². The second-order valence-electron chi connectivity index (χ2n) is 7.28. The quantitative estimate of drug-likeness (QED) is 0.645. The molecule has 0 saturated carbocycles. The second-order valence-corrected chi connectivity index (χ2v) is 7.28. The molecule has 0 aliphatic carbocycles. The topological polar surface area (TPSA) is 66.9 Å². The Kier molecular flexibility index (Phi) is 6.04. The highest BCUT2D eigenvalue weighted by molar-refractivity contribution is 5.93. The zero-order valence-corrected chi connectivity index (χ0v) is 16.8. The van der Waals surface area contributed by atoms with Crippen LogP contribution in [0.15, 0.2) is 54.9 Å². The molecule has 0 radical (unpaired) electrons. The van der Waals surface area contributed by atoms with Crippen LogP contribution in [0.2, 0.25) is 0 Å². The van der Waals surface area contributed by atoms with E-state index in [0.29, 0.717) is 24.0 Å². The number of hydrogen-bond donors (Lipinski definition) is 2. The van der Waals surface area contributed by atoms with Gasteiger partial charge in [0.05, 0.1) is 5.56 Å². The Morgan fingerprint density at radius 2 is 1.68 bits per heavy atom. The second kappa shape index (κ2) is 8.65. The molecular weight excluding hydrogens is 348 g/mol. The molecule has 1 heterocycles. The summed E-state index contributed by atoms with van der Waals surface area (Å²) in [7, 11) is 0. The summed E-state index contributed by atoms with van der Waals surface area (Å²) in [6.07, 6.45) is 3.10. The minimum absolute atomic E-state index is 0.189. The first-order valence-corrected chi connectivity index (χ1v) is 9.46. The van der Waals surface area contributed by atoms with Gasteiger partial charge in [0.1, 0.15) is 0 Å². The van der Waals surface area contributed by atoms with Crippen molar-refractivity contribution in [3.05, 3.63) is 82.7 Å². The smallest absolute Gasteiger partial charge is 0.254 e. The Bertz CT molecular complexity index is 947. The van der Waals surface area contributed by atoms with Gasteiger partial charge in [-0.2, -0.15) is 0 Å². The van der Waals surface area contributed by atoms with Crippen LogP contribution in [0.4, 0.5) is 11.6 Å². The highest BCUT2D eigenvalue weighted by Crippen LogP contribution is 2.29. The summed E-state index contributed by atoms with van der Waals surface area (Å²) in [5, 5.41) is 6.20. The van der Waals surface area contributed by atoms with Crippen LogP contribution in [0.5, 0.6) is 0 Å². The number of anilines is 2. The normalized spacial score (nSPS) is 10.8. The van der Waals surface area contributed by atoms with Crippen molar-refractivity contribution >= 4 is 17.5 Å². The van der Waals surface area contributed by atoms with Crippen molar-refractivity contribution in [3.63, 3.8) is 0 Å². The molecule has 3 rings (SSSR count). The van der Waals surface area contributed by atoms with Crippen molar-refractivity contribution in [2.45, 2.75) is 40.2 Å². The first kappa shape index (κ1) is 19.5. The van der Waals surface area contributed by atoms with Gasteiger partial charge in [0.25, 0.3) is 5.91 Å². The van der Waals surface area contributed by atoms with Gasteiger partial charge in [-0.3, -0.25) is 4.79 Å². The third kappa shape index (κ3) is 4.74. The fraction of sp³-hybridized carbons (Fsp3) is 0.261. The van der Waals surface area contributed by atoms with E-state index in [4.69, 9.17) is 0 Å². The Labute approximate surface area is 166 Å². The number of nitrogens with zero attached hydrogens (tertiary/aromatic N) is 2. The van der Waals surface area contributed by atoms with E-state index >= 15 is 0 Å². The Balaban J connectivity index is 1.67. The summed E-state index contributed by atoms with van der Waals surface area (Å²) >= 11 is 0. The predicted octanol–water partition coefficient (Wildman–Crippen LogP) is 4.89. The molecule has 0 aliphatic rings. The van der Waals surface area contributed by atoms with E-state index in [9.17, 15) is 4.79 Å².